The summed E-state index contributed by atoms with van der Waals surface area (Å²) in [5.74, 6) is 0. The van der Waals surface area contributed by atoms with Gasteiger partial charge in [-0.2, -0.15) is 9.94 Å². The van der Waals surface area contributed by atoms with E-state index in [4.69, 9.17) is 5.26 Å². The van der Waals surface area contributed by atoms with Crippen LogP contribution >= 0.6 is 0 Å². The zero-order valence-corrected chi connectivity index (χ0v) is 14.1. The van der Waals surface area contributed by atoms with Crippen LogP contribution in [0.4, 0.5) is 4.79 Å². The summed E-state index contributed by atoms with van der Waals surface area (Å²) < 4.78 is 1.84. The van der Waals surface area contributed by atoms with Crippen LogP contribution in [-0.2, 0) is 0 Å². The summed E-state index contributed by atoms with van der Waals surface area (Å²) in [5, 5.41) is 16.5. The molecule has 0 spiro atoms. The maximum atomic E-state index is 12.8. The highest BCUT2D eigenvalue weighted by atomic mass is 16.2. The molecule has 25 heavy (non-hydrogen) atoms. The van der Waals surface area contributed by atoms with Crippen molar-refractivity contribution in [2.75, 3.05) is 6.54 Å². The molecule has 2 aromatic rings. The summed E-state index contributed by atoms with van der Waals surface area (Å²) in [7, 11) is 0. The first-order chi connectivity index (χ1) is 12.2. The molecular weight excluding hydrogens is 320 g/mol. The lowest BCUT2D eigenvalue weighted by molar-refractivity contribution is 0.157. The van der Waals surface area contributed by atoms with Gasteiger partial charge in [0.25, 0.3) is 0 Å². The molecule has 130 valence electrons. The van der Waals surface area contributed by atoms with Crippen LogP contribution in [0.3, 0.4) is 0 Å². The van der Waals surface area contributed by atoms with Gasteiger partial charge in [-0.1, -0.05) is 25.3 Å². The lowest BCUT2D eigenvalue weighted by Crippen LogP contribution is -2.46. The van der Waals surface area contributed by atoms with Crippen LogP contribution < -0.4 is 5.69 Å². The van der Waals surface area contributed by atoms with Crippen molar-refractivity contribution in [2.24, 2.45) is 0 Å². The molecule has 3 rings (SSSR count). The third-order valence-corrected chi connectivity index (χ3v) is 4.58. The predicted molar refractivity (Wildman–Crippen MR) is 90.4 cm³/mol. The Bertz CT molecular complexity index is 857. The first-order valence-corrected chi connectivity index (χ1v) is 8.52. The molecule has 1 aliphatic carbocycles. The second-order valence-electron chi connectivity index (χ2n) is 6.11. The van der Waals surface area contributed by atoms with Crippen molar-refractivity contribution < 1.29 is 4.79 Å². The number of hydrogen-bond donors (Lipinski definition) is 0. The fraction of sp³-hybridized carbons (Fsp3) is 0.471. The molecule has 1 amide bonds. The van der Waals surface area contributed by atoms with Gasteiger partial charge in [-0.25, -0.2) is 9.59 Å². The average Bonchev–Trinajstić information content (AvgIpc) is 3.04. The van der Waals surface area contributed by atoms with E-state index in [9.17, 15) is 9.59 Å². The summed E-state index contributed by atoms with van der Waals surface area (Å²) in [6, 6.07) is 8.17. The van der Waals surface area contributed by atoms with E-state index in [1.165, 1.54) is 12.5 Å². The lowest BCUT2D eigenvalue weighted by atomic mass is 9.94. The minimum absolute atomic E-state index is 0.144. The number of amides is 1. The largest absolute Gasteiger partial charge is 0.377 e. The number of nitrogens with zero attached hydrogens (tertiary/aromatic N) is 6. The number of rotatable bonds is 3. The standard InChI is InChI=1S/C17H20N6O2/c1-2-21(14-8-4-3-5-9-14)16(24)23-17(25)22(19-20-23)15-10-6-7-13(11-15)12-18/h6-7,10-11,14H,2-5,8-9H2,1H3. The molecule has 8 nitrogen and oxygen atoms in total. The van der Waals surface area contributed by atoms with E-state index in [1.807, 2.05) is 13.0 Å². The average molecular weight is 340 g/mol. The van der Waals surface area contributed by atoms with Crippen molar-refractivity contribution in [3.8, 4) is 11.8 Å². The predicted octanol–water partition coefficient (Wildman–Crippen LogP) is 1.92. The molecule has 1 saturated carbocycles. The molecule has 1 aliphatic rings. The Balaban J connectivity index is 1.90. The smallest absolute Gasteiger partial charge is 0.320 e. The Hall–Kier alpha value is -2.95. The van der Waals surface area contributed by atoms with Crippen molar-refractivity contribution in [3.63, 3.8) is 0 Å². The molecule has 0 N–H and O–H groups in total. The summed E-state index contributed by atoms with van der Waals surface area (Å²) in [5.41, 5.74) is 0.181. The second kappa shape index (κ2) is 7.30. The highest BCUT2D eigenvalue weighted by Gasteiger charge is 2.27. The molecule has 0 radical (unpaired) electrons. The van der Waals surface area contributed by atoms with E-state index in [2.05, 4.69) is 10.4 Å². The molecule has 0 atom stereocenters. The molecule has 8 heteroatoms. The third kappa shape index (κ3) is 3.31. The molecular formula is C17H20N6O2. The van der Waals surface area contributed by atoms with E-state index in [0.717, 1.165) is 35.0 Å². The normalized spacial score (nSPS) is 14.9. The maximum Gasteiger partial charge on any atom is 0.377 e. The van der Waals surface area contributed by atoms with Gasteiger partial charge in [0.15, 0.2) is 0 Å². The van der Waals surface area contributed by atoms with Gasteiger partial charge in [-0.3, -0.25) is 0 Å². The first kappa shape index (κ1) is 16.9. The zero-order chi connectivity index (χ0) is 17.8. The Morgan fingerprint density at radius 2 is 2.08 bits per heavy atom. The molecule has 0 unspecified atom stereocenters. The number of carbonyl (C=O) groups is 1. The molecule has 1 aromatic carbocycles. The van der Waals surface area contributed by atoms with Crippen molar-refractivity contribution in [2.45, 2.75) is 45.1 Å². The van der Waals surface area contributed by atoms with E-state index >= 15 is 0 Å². The van der Waals surface area contributed by atoms with Gasteiger partial charge in [-0.05, 0) is 48.4 Å². The van der Waals surface area contributed by atoms with Crippen molar-refractivity contribution in [1.29, 1.82) is 5.26 Å². The number of benzene rings is 1. The van der Waals surface area contributed by atoms with E-state index in [0.29, 0.717) is 17.8 Å². The lowest BCUT2D eigenvalue weighted by Gasteiger charge is -2.32. The molecule has 0 bridgehead atoms. The molecule has 0 saturated heterocycles. The van der Waals surface area contributed by atoms with Crippen LogP contribution in [0.2, 0.25) is 0 Å². The van der Waals surface area contributed by atoms with Crippen LogP contribution in [0, 0.1) is 11.3 Å². The molecule has 1 fully saturated rings. The van der Waals surface area contributed by atoms with Gasteiger partial charge < -0.3 is 4.90 Å². The molecule has 1 aromatic heterocycles. The van der Waals surface area contributed by atoms with Crippen LogP contribution in [-0.4, -0.2) is 43.3 Å². The quantitative estimate of drug-likeness (QED) is 0.795. The summed E-state index contributed by atoms with van der Waals surface area (Å²) in [4.78, 5) is 27.1. The number of tetrazole rings is 1. The van der Waals surface area contributed by atoms with Crippen LogP contribution in [0.5, 0.6) is 0 Å². The molecule has 1 heterocycles. The highest BCUT2D eigenvalue weighted by molar-refractivity contribution is 5.75. The minimum Gasteiger partial charge on any atom is -0.320 e. The number of nitriles is 1. The summed E-state index contributed by atoms with van der Waals surface area (Å²) in [6.45, 7) is 2.42. The minimum atomic E-state index is -0.630. The van der Waals surface area contributed by atoms with Crippen LogP contribution in [0.15, 0.2) is 29.1 Å². The van der Waals surface area contributed by atoms with Gasteiger partial charge in [0.05, 0.1) is 17.3 Å². The van der Waals surface area contributed by atoms with Crippen molar-refractivity contribution in [3.05, 3.63) is 40.3 Å². The number of aromatic nitrogens is 4. The van der Waals surface area contributed by atoms with Crippen molar-refractivity contribution in [1.82, 2.24) is 24.7 Å². The number of hydrogen-bond acceptors (Lipinski definition) is 5. The Morgan fingerprint density at radius 1 is 1.32 bits per heavy atom. The third-order valence-electron chi connectivity index (χ3n) is 4.58. The fourth-order valence-corrected chi connectivity index (χ4v) is 3.30. The van der Waals surface area contributed by atoms with Gasteiger partial charge in [0, 0.05) is 12.6 Å². The Kier molecular flexibility index (Phi) is 4.93. The first-order valence-electron chi connectivity index (χ1n) is 8.52. The van der Waals surface area contributed by atoms with Crippen molar-refractivity contribution >= 4 is 6.03 Å². The van der Waals surface area contributed by atoms with Crippen LogP contribution in [0.1, 0.15) is 44.6 Å². The Labute approximate surface area is 145 Å². The molecule has 0 aliphatic heterocycles. The highest BCUT2D eigenvalue weighted by Crippen LogP contribution is 2.22. The fourth-order valence-electron chi connectivity index (χ4n) is 3.30. The van der Waals surface area contributed by atoms with Gasteiger partial charge in [0.2, 0.25) is 0 Å². The van der Waals surface area contributed by atoms with Gasteiger partial charge >= 0.3 is 11.7 Å². The Morgan fingerprint density at radius 3 is 2.76 bits per heavy atom. The topological polar surface area (TPSA) is 96.8 Å². The van der Waals surface area contributed by atoms with Crippen LogP contribution in [0.25, 0.3) is 5.69 Å². The second-order valence-corrected chi connectivity index (χ2v) is 6.11. The van der Waals surface area contributed by atoms with Gasteiger partial charge in [-0.15, -0.1) is 4.68 Å². The maximum absolute atomic E-state index is 12.8. The number of carbonyl (C=O) groups excluding carboxylic acids is 1. The summed E-state index contributed by atoms with van der Waals surface area (Å²) in [6.07, 6.45) is 5.28. The SMILES string of the molecule is CCN(C(=O)n1nnn(-c2cccc(C#N)c2)c1=O)C1CCCCC1. The van der Waals surface area contributed by atoms with E-state index in [1.54, 1.807) is 23.1 Å². The summed E-state index contributed by atoms with van der Waals surface area (Å²) >= 11 is 0. The zero-order valence-electron chi connectivity index (χ0n) is 14.1. The van der Waals surface area contributed by atoms with E-state index in [-0.39, 0.29) is 6.04 Å². The monoisotopic (exact) mass is 340 g/mol. The van der Waals surface area contributed by atoms with E-state index < -0.39 is 11.7 Å². The van der Waals surface area contributed by atoms with Gasteiger partial charge in [0.1, 0.15) is 0 Å².